The van der Waals surface area contributed by atoms with E-state index in [0.717, 1.165) is 18.8 Å². The van der Waals surface area contributed by atoms with Gasteiger partial charge < -0.3 is 5.32 Å². The van der Waals surface area contributed by atoms with Gasteiger partial charge in [0, 0.05) is 19.3 Å². The third-order valence-electron chi connectivity index (χ3n) is 3.07. The van der Waals surface area contributed by atoms with Crippen molar-refractivity contribution in [2.75, 3.05) is 0 Å². The molecular weight excluding hydrogens is 292 g/mol. The van der Waals surface area contributed by atoms with Gasteiger partial charge in [0.25, 0.3) is 5.91 Å². The summed E-state index contributed by atoms with van der Waals surface area (Å²) in [4.78, 5) is 16.4. The second-order valence-corrected chi connectivity index (χ2v) is 5.13. The molecule has 1 amide bonds. The zero-order valence-corrected chi connectivity index (χ0v) is 13.1. The SMILES string of the molecule is CCCn1ncnc1[C@H](C)NC(=O)c1nn(CC)cc1Cl. The fourth-order valence-corrected chi connectivity index (χ4v) is 2.27. The van der Waals surface area contributed by atoms with Crippen LogP contribution < -0.4 is 5.32 Å². The molecule has 0 unspecified atom stereocenters. The van der Waals surface area contributed by atoms with Gasteiger partial charge in [-0.3, -0.25) is 9.48 Å². The maximum absolute atomic E-state index is 12.2. The number of carbonyl (C=O) groups excluding carboxylic acids is 1. The minimum absolute atomic E-state index is 0.229. The van der Waals surface area contributed by atoms with Gasteiger partial charge in [-0.05, 0) is 20.3 Å². The number of carbonyl (C=O) groups is 1. The van der Waals surface area contributed by atoms with Crippen molar-refractivity contribution >= 4 is 17.5 Å². The maximum atomic E-state index is 12.2. The lowest BCUT2D eigenvalue weighted by Crippen LogP contribution is -2.29. The zero-order valence-electron chi connectivity index (χ0n) is 12.4. The Kier molecular flexibility index (Phi) is 4.95. The monoisotopic (exact) mass is 310 g/mol. The van der Waals surface area contributed by atoms with E-state index in [0.29, 0.717) is 11.6 Å². The Labute approximate surface area is 128 Å². The number of amides is 1. The Hall–Kier alpha value is -1.89. The molecule has 0 aromatic carbocycles. The van der Waals surface area contributed by atoms with Crippen LogP contribution in [0.15, 0.2) is 12.5 Å². The molecule has 1 N–H and O–H groups in total. The molecule has 0 bridgehead atoms. The summed E-state index contributed by atoms with van der Waals surface area (Å²) in [7, 11) is 0. The Morgan fingerprint density at radius 2 is 2.24 bits per heavy atom. The van der Waals surface area contributed by atoms with Crippen LogP contribution in [0, 0.1) is 0 Å². The van der Waals surface area contributed by atoms with Crippen LogP contribution in [0.5, 0.6) is 0 Å². The molecule has 0 aliphatic heterocycles. The molecule has 0 spiro atoms. The third-order valence-corrected chi connectivity index (χ3v) is 3.35. The van der Waals surface area contributed by atoms with Crippen molar-refractivity contribution in [1.29, 1.82) is 0 Å². The lowest BCUT2D eigenvalue weighted by atomic mass is 10.3. The number of hydrogen-bond donors (Lipinski definition) is 1. The van der Waals surface area contributed by atoms with E-state index in [1.807, 2.05) is 13.8 Å². The first-order chi connectivity index (χ1) is 10.1. The molecule has 2 rings (SSSR count). The van der Waals surface area contributed by atoms with Crippen LogP contribution in [0.1, 0.15) is 49.5 Å². The van der Waals surface area contributed by atoms with Gasteiger partial charge in [0.05, 0.1) is 11.1 Å². The molecule has 7 nitrogen and oxygen atoms in total. The fraction of sp³-hybridized carbons (Fsp3) is 0.538. The predicted molar refractivity (Wildman–Crippen MR) is 79.1 cm³/mol. The molecule has 0 saturated carbocycles. The summed E-state index contributed by atoms with van der Waals surface area (Å²) in [5, 5.41) is 11.5. The van der Waals surface area contributed by atoms with Crippen molar-refractivity contribution < 1.29 is 4.79 Å². The number of nitrogens with zero attached hydrogens (tertiary/aromatic N) is 5. The highest BCUT2D eigenvalue weighted by atomic mass is 35.5. The minimum atomic E-state index is -0.314. The Morgan fingerprint density at radius 3 is 2.86 bits per heavy atom. The molecule has 2 heterocycles. The smallest absolute Gasteiger partial charge is 0.273 e. The highest BCUT2D eigenvalue weighted by Crippen LogP contribution is 2.16. The quantitative estimate of drug-likeness (QED) is 0.885. The average Bonchev–Trinajstić information content (AvgIpc) is 3.05. The number of aromatic nitrogens is 5. The maximum Gasteiger partial charge on any atom is 0.273 e. The van der Waals surface area contributed by atoms with Crippen LogP contribution in [0.4, 0.5) is 0 Å². The summed E-state index contributed by atoms with van der Waals surface area (Å²) in [5.41, 5.74) is 0.229. The van der Waals surface area contributed by atoms with Gasteiger partial charge >= 0.3 is 0 Å². The predicted octanol–water partition coefficient (Wildman–Crippen LogP) is 2.05. The van der Waals surface area contributed by atoms with Crippen LogP contribution in [-0.4, -0.2) is 30.5 Å². The lowest BCUT2D eigenvalue weighted by Gasteiger charge is -2.13. The molecule has 1 atom stereocenters. The van der Waals surface area contributed by atoms with E-state index in [1.165, 1.54) is 6.33 Å². The number of rotatable bonds is 6. The molecular formula is C13H19ClN6O. The normalized spacial score (nSPS) is 12.4. The number of halogens is 1. The Bertz CT molecular complexity index is 620. The first kappa shape index (κ1) is 15.5. The van der Waals surface area contributed by atoms with Crippen LogP contribution >= 0.6 is 11.6 Å². The number of aryl methyl sites for hydroxylation is 2. The van der Waals surface area contributed by atoms with E-state index in [9.17, 15) is 4.79 Å². The van der Waals surface area contributed by atoms with Gasteiger partial charge in [0.2, 0.25) is 0 Å². The molecule has 0 saturated heterocycles. The zero-order chi connectivity index (χ0) is 15.4. The minimum Gasteiger partial charge on any atom is -0.341 e. The Balaban J connectivity index is 2.11. The van der Waals surface area contributed by atoms with Gasteiger partial charge in [-0.1, -0.05) is 18.5 Å². The summed E-state index contributed by atoms with van der Waals surface area (Å²) in [6, 6.07) is -0.269. The summed E-state index contributed by atoms with van der Waals surface area (Å²) in [5.74, 6) is 0.405. The van der Waals surface area contributed by atoms with E-state index < -0.39 is 0 Å². The first-order valence-electron chi connectivity index (χ1n) is 6.98. The van der Waals surface area contributed by atoms with Gasteiger partial charge in [-0.25, -0.2) is 9.67 Å². The van der Waals surface area contributed by atoms with Gasteiger partial charge in [-0.2, -0.15) is 10.2 Å². The van der Waals surface area contributed by atoms with Crippen molar-refractivity contribution in [3.8, 4) is 0 Å². The molecule has 0 fully saturated rings. The van der Waals surface area contributed by atoms with E-state index in [4.69, 9.17) is 11.6 Å². The Morgan fingerprint density at radius 1 is 1.48 bits per heavy atom. The van der Waals surface area contributed by atoms with Crippen LogP contribution in [0.2, 0.25) is 5.02 Å². The molecule has 8 heteroatoms. The summed E-state index contributed by atoms with van der Waals surface area (Å²) in [6.45, 7) is 7.28. The number of hydrogen-bond acceptors (Lipinski definition) is 4. The van der Waals surface area contributed by atoms with Crippen molar-refractivity contribution in [3.05, 3.63) is 29.1 Å². The first-order valence-corrected chi connectivity index (χ1v) is 7.36. The summed E-state index contributed by atoms with van der Waals surface area (Å²) >= 11 is 6.03. The topological polar surface area (TPSA) is 77.6 Å². The van der Waals surface area contributed by atoms with Gasteiger partial charge in [0.15, 0.2) is 5.69 Å². The molecule has 21 heavy (non-hydrogen) atoms. The second-order valence-electron chi connectivity index (χ2n) is 4.72. The second kappa shape index (κ2) is 6.71. The van der Waals surface area contributed by atoms with Gasteiger partial charge in [0.1, 0.15) is 12.2 Å². The largest absolute Gasteiger partial charge is 0.341 e. The molecule has 0 aliphatic carbocycles. The molecule has 2 aromatic heterocycles. The van der Waals surface area contributed by atoms with E-state index >= 15 is 0 Å². The summed E-state index contributed by atoms with van der Waals surface area (Å²) in [6.07, 6.45) is 4.08. The van der Waals surface area contributed by atoms with E-state index in [1.54, 1.807) is 15.6 Å². The van der Waals surface area contributed by atoms with Crippen LogP contribution in [-0.2, 0) is 13.1 Å². The third kappa shape index (κ3) is 3.41. The molecule has 0 radical (unpaired) electrons. The lowest BCUT2D eigenvalue weighted by molar-refractivity contribution is 0.0931. The van der Waals surface area contributed by atoms with Crippen molar-refractivity contribution in [3.63, 3.8) is 0 Å². The summed E-state index contributed by atoms with van der Waals surface area (Å²) < 4.78 is 3.42. The van der Waals surface area contributed by atoms with E-state index in [2.05, 4.69) is 27.4 Å². The standard InChI is InChI=1S/C13H19ClN6O/c1-4-6-20-12(15-8-16-20)9(3)17-13(21)11-10(14)7-19(5-2)18-11/h7-9H,4-6H2,1-3H3,(H,17,21)/t9-/m0/s1. The molecule has 0 aliphatic rings. The molecule has 2 aromatic rings. The van der Waals surface area contributed by atoms with Crippen LogP contribution in [0.3, 0.4) is 0 Å². The molecule has 114 valence electrons. The van der Waals surface area contributed by atoms with Crippen molar-refractivity contribution in [2.24, 2.45) is 0 Å². The van der Waals surface area contributed by atoms with Crippen LogP contribution in [0.25, 0.3) is 0 Å². The van der Waals surface area contributed by atoms with E-state index in [-0.39, 0.29) is 17.6 Å². The highest BCUT2D eigenvalue weighted by Gasteiger charge is 2.20. The number of nitrogens with one attached hydrogen (secondary N) is 1. The van der Waals surface area contributed by atoms with Gasteiger partial charge in [-0.15, -0.1) is 0 Å². The fourth-order valence-electron chi connectivity index (χ4n) is 2.04. The average molecular weight is 311 g/mol. The van der Waals surface area contributed by atoms with Crippen molar-refractivity contribution in [2.45, 2.75) is 46.3 Å². The van der Waals surface area contributed by atoms with Crippen molar-refractivity contribution in [1.82, 2.24) is 29.9 Å². The highest BCUT2D eigenvalue weighted by molar-refractivity contribution is 6.33.